The lowest BCUT2D eigenvalue weighted by molar-refractivity contribution is -0.156. The summed E-state index contributed by atoms with van der Waals surface area (Å²) < 4.78 is 6.57. The van der Waals surface area contributed by atoms with E-state index in [0.717, 1.165) is 6.04 Å². The Hall–Kier alpha value is -0.0800. The smallest absolute Gasteiger partial charge is 0.0698 e. The summed E-state index contributed by atoms with van der Waals surface area (Å²) in [5, 5.41) is 3.65. The molecule has 3 aliphatic rings. The molecular formula is C17H31NO. The standard InChI is InChI=1S/C17H31NO/c1-16(2)10-6-15(7-11-16)19-17(8-3-9-17)12-13-18-14-4-5-14/h14-15,18H,3-13H2,1-2H3. The Morgan fingerprint density at radius 1 is 1.00 bits per heavy atom. The van der Waals surface area contributed by atoms with Crippen molar-refractivity contribution < 1.29 is 4.74 Å². The van der Waals surface area contributed by atoms with E-state index in [-0.39, 0.29) is 5.60 Å². The predicted octanol–water partition coefficient (Wildman–Crippen LogP) is 4.04. The number of rotatable bonds is 6. The first kappa shape index (κ1) is 13.9. The van der Waals surface area contributed by atoms with E-state index in [4.69, 9.17) is 4.74 Å². The molecule has 0 unspecified atom stereocenters. The normalized spacial score (nSPS) is 30.0. The molecule has 0 spiro atoms. The Labute approximate surface area is 118 Å². The molecule has 3 saturated carbocycles. The van der Waals surface area contributed by atoms with Crippen molar-refractivity contribution in [1.82, 2.24) is 5.32 Å². The molecule has 19 heavy (non-hydrogen) atoms. The SMILES string of the molecule is CC1(C)CCC(OC2(CCNC3CC3)CCC2)CC1. The summed E-state index contributed by atoms with van der Waals surface area (Å²) in [5.74, 6) is 0. The second-order valence-electron chi connectivity index (χ2n) is 8.00. The zero-order valence-corrected chi connectivity index (χ0v) is 12.8. The highest BCUT2D eigenvalue weighted by Crippen LogP contribution is 2.43. The van der Waals surface area contributed by atoms with E-state index in [1.54, 1.807) is 0 Å². The van der Waals surface area contributed by atoms with Crippen molar-refractivity contribution in [3.05, 3.63) is 0 Å². The summed E-state index contributed by atoms with van der Waals surface area (Å²) >= 11 is 0. The van der Waals surface area contributed by atoms with Crippen molar-refractivity contribution in [3.63, 3.8) is 0 Å². The maximum absolute atomic E-state index is 6.57. The summed E-state index contributed by atoms with van der Waals surface area (Å²) in [4.78, 5) is 0. The Kier molecular flexibility index (Phi) is 3.92. The Balaban J connectivity index is 1.43. The molecule has 0 radical (unpaired) electrons. The summed E-state index contributed by atoms with van der Waals surface area (Å²) in [7, 11) is 0. The molecule has 110 valence electrons. The third kappa shape index (κ3) is 3.72. The molecule has 3 aliphatic carbocycles. The lowest BCUT2D eigenvalue weighted by Crippen LogP contribution is -2.46. The minimum absolute atomic E-state index is 0.258. The van der Waals surface area contributed by atoms with Crippen LogP contribution < -0.4 is 5.32 Å². The van der Waals surface area contributed by atoms with Crippen molar-refractivity contribution >= 4 is 0 Å². The number of hydrogen-bond acceptors (Lipinski definition) is 2. The van der Waals surface area contributed by atoms with Gasteiger partial charge in [-0.05, 0) is 76.2 Å². The lowest BCUT2D eigenvalue weighted by Gasteiger charge is -2.46. The van der Waals surface area contributed by atoms with Crippen molar-refractivity contribution in [3.8, 4) is 0 Å². The highest BCUT2D eigenvalue weighted by atomic mass is 16.5. The number of ether oxygens (including phenoxy) is 1. The van der Waals surface area contributed by atoms with E-state index in [1.807, 2.05) is 0 Å². The molecule has 0 saturated heterocycles. The van der Waals surface area contributed by atoms with E-state index in [9.17, 15) is 0 Å². The fraction of sp³-hybridized carbons (Fsp3) is 1.00. The Morgan fingerprint density at radius 2 is 1.68 bits per heavy atom. The van der Waals surface area contributed by atoms with Gasteiger partial charge in [0.05, 0.1) is 11.7 Å². The first-order valence-corrected chi connectivity index (χ1v) is 8.48. The van der Waals surface area contributed by atoms with Crippen LogP contribution in [0.4, 0.5) is 0 Å². The van der Waals surface area contributed by atoms with Crippen LogP contribution in [0.5, 0.6) is 0 Å². The Bertz CT molecular complexity index is 294. The maximum Gasteiger partial charge on any atom is 0.0698 e. The van der Waals surface area contributed by atoms with E-state index in [2.05, 4.69) is 19.2 Å². The van der Waals surface area contributed by atoms with Gasteiger partial charge in [0.15, 0.2) is 0 Å². The summed E-state index contributed by atoms with van der Waals surface area (Å²) in [6.07, 6.45) is 13.8. The first-order chi connectivity index (χ1) is 9.07. The predicted molar refractivity (Wildman–Crippen MR) is 79.3 cm³/mol. The van der Waals surface area contributed by atoms with Crippen molar-refractivity contribution in [2.45, 2.75) is 95.8 Å². The molecule has 0 aromatic rings. The third-order valence-electron chi connectivity index (χ3n) is 5.56. The second kappa shape index (κ2) is 5.37. The van der Waals surface area contributed by atoms with Crippen LogP contribution in [0.25, 0.3) is 0 Å². The van der Waals surface area contributed by atoms with Gasteiger partial charge in [0.1, 0.15) is 0 Å². The topological polar surface area (TPSA) is 21.3 Å². The van der Waals surface area contributed by atoms with Gasteiger partial charge in [-0.3, -0.25) is 0 Å². The second-order valence-corrected chi connectivity index (χ2v) is 8.00. The van der Waals surface area contributed by atoms with E-state index in [0.29, 0.717) is 11.5 Å². The highest BCUT2D eigenvalue weighted by molar-refractivity contribution is 4.93. The van der Waals surface area contributed by atoms with Gasteiger partial charge in [0, 0.05) is 6.04 Å². The van der Waals surface area contributed by atoms with Gasteiger partial charge in [-0.1, -0.05) is 13.8 Å². The van der Waals surface area contributed by atoms with Crippen molar-refractivity contribution in [2.24, 2.45) is 5.41 Å². The van der Waals surface area contributed by atoms with Crippen LogP contribution in [0.2, 0.25) is 0 Å². The van der Waals surface area contributed by atoms with Gasteiger partial charge in [0.2, 0.25) is 0 Å². The molecule has 0 aromatic carbocycles. The van der Waals surface area contributed by atoms with Crippen molar-refractivity contribution in [1.29, 1.82) is 0 Å². The molecule has 0 amide bonds. The lowest BCUT2D eigenvalue weighted by atomic mass is 9.74. The van der Waals surface area contributed by atoms with Crippen LogP contribution >= 0.6 is 0 Å². The molecule has 3 fully saturated rings. The van der Waals surface area contributed by atoms with Crippen molar-refractivity contribution in [2.75, 3.05) is 6.54 Å². The average molecular weight is 265 g/mol. The number of hydrogen-bond donors (Lipinski definition) is 1. The molecule has 2 heteroatoms. The number of nitrogens with one attached hydrogen (secondary N) is 1. The van der Waals surface area contributed by atoms with E-state index < -0.39 is 0 Å². The fourth-order valence-corrected chi connectivity index (χ4v) is 3.63. The highest BCUT2D eigenvalue weighted by Gasteiger charge is 2.41. The molecule has 3 rings (SSSR count). The summed E-state index contributed by atoms with van der Waals surface area (Å²) in [5.41, 5.74) is 0.814. The van der Waals surface area contributed by atoms with Crippen LogP contribution in [-0.4, -0.2) is 24.3 Å². The van der Waals surface area contributed by atoms with Crippen LogP contribution in [0, 0.1) is 5.41 Å². The van der Waals surface area contributed by atoms with E-state index in [1.165, 1.54) is 70.8 Å². The van der Waals surface area contributed by atoms with Gasteiger partial charge in [0.25, 0.3) is 0 Å². The van der Waals surface area contributed by atoms with Crippen LogP contribution in [0.3, 0.4) is 0 Å². The molecule has 0 heterocycles. The monoisotopic (exact) mass is 265 g/mol. The van der Waals surface area contributed by atoms with Crippen LogP contribution in [0.1, 0.15) is 78.1 Å². The zero-order chi connectivity index (χ0) is 13.3. The molecule has 0 aliphatic heterocycles. The van der Waals surface area contributed by atoms with Crippen LogP contribution in [-0.2, 0) is 4.74 Å². The van der Waals surface area contributed by atoms with Gasteiger partial charge in [-0.25, -0.2) is 0 Å². The van der Waals surface area contributed by atoms with Gasteiger partial charge in [-0.15, -0.1) is 0 Å². The zero-order valence-electron chi connectivity index (χ0n) is 12.8. The molecular weight excluding hydrogens is 234 g/mol. The van der Waals surface area contributed by atoms with Gasteiger partial charge in [-0.2, -0.15) is 0 Å². The van der Waals surface area contributed by atoms with E-state index >= 15 is 0 Å². The molecule has 0 bridgehead atoms. The van der Waals surface area contributed by atoms with Gasteiger partial charge >= 0.3 is 0 Å². The third-order valence-corrected chi connectivity index (χ3v) is 5.56. The van der Waals surface area contributed by atoms with Gasteiger partial charge < -0.3 is 10.1 Å². The minimum Gasteiger partial charge on any atom is -0.372 e. The summed E-state index contributed by atoms with van der Waals surface area (Å²) in [6.45, 7) is 5.98. The molecule has 0 atom stereocenters. The molecule has 1 N–H and O–H groups in total. The maximum atomic E-state index is 6.57. The quantitative estimate of drug-likeness (QED) is 0.782. The summed E-state index contributed by atoms with van der Waals surface area (Å²) in [6, 6.07) is 0.840. The fourth-order valence-electron chi connectivity index (χ4n) is 3.63. The average Bonchev–Trinajstić information content (AvgIpc) is 3.12. The Morgan fingerprint density at radius 3 is 2.21 bits per heavy atom. The van der Waals surface area contributed by atoms with Crippen LogP contribution in [0.15, 0.2) is 0 Å². The molecule has 2 nitrogen and oxygen atoms in total. The first-order valence-electron chi connectivity index (χ1n) is 8.48. The molecule has 0 aromatic heterocycles. The minimum atomic E-state index is 0.258. The largest absolute Gasteiger partial charge is 0.372 e.